The molecule has 1 fully saturated rings. The molecule has 1 atom stereocenters. The van der Waals surface area contributed by atoms with Crippen molar-refractivity contribution in [1.82, 2.24) is 14.5 Å². The molecular weight excluding hydrogens is 330 g/mol. The number of nitrogens with zero attached hydrogens (tertiary/aromatic N) is 2. The Balaban J connectivity index is 1.64. The molecule has 0 spiro atoms. The maximum absolute atomic E-state index is 12.3. The highest BCUT2D eigenvalue weighted by atomic mass is 32.2. The van der Waals surface area contributed by atoms with Crippen molar-refractivity contribution in [2.45, 2.75) is 43.7 Å². The van der Waals surface area contributed by atoms with Crippen LogP contribution >= 0.6 is 11.3 Å². The molecule has 1 unspecified atom stereocenters. The van der Waals surface area contributed by atoms with Crippen molar-refractivity contribution in [2.75, 3.05) is 33.2 Å². The fourth-order valence-electron chi connectivity index (χ4n) is 3.59. The van der Waals surface area contributed by atoms with Crippen LogP contribution in [0.5, 0.6) is 0 Å². The first-order valence-corrected chi connectivity index (χ1v) is 10.7. The van der Waals surface area contributed by atoms with Crippen molar-refractivity contribution in [1.29, 1.82) is 0 Å². The Kier molecular flexibility index (Phi) is 5.13. The number of hydrogen-bond acceptors (Lipinski definition) is 5. The van der Waals surface area contributed by atoms with E-state index in [0.717, 1.165) is 30.8 Å². The van der Waals surface area contributed by atoms with Crippen LogP contribution in [-0.2, 0) is 10.0 Å². The van der Waals surface area contributed by atoms with E-state index in [-0.39, 0.29) is 6.04 Å². The Labute approximate surface area is 143 Å². The van der Waals surface area contributed by atoms with Gasteiger partial charge in [0.2, 0.25) is 10.0 Å². The minimum Gasteiger partial charge on any atom is -0.305 e. The highest BCUT2D eigenvalue weighted by molar-refractivity contribution is 7.89. The van der Waals surface area contributed by atoms with Crippen LogP contribution in [0.25, 0.3) is 0 Å². The molecule has 0 aromatic carbocycles. The Morgan fingerprint density at radius 2 is 2.04 bits per heavy atom. The van der Waals surface area contributed by atoms with Gasteiger partial charge in [0.1, 0.15) is 0 Å². The average Bonchev–Trinajstić information content (AvgIpc) is 2.97. The number of sulfonamides is 1. The predicted octanol–water partition coefficient (Wildman–Crippen LogP) is 2.13. The second kappa shape index (κ2) is 6.80. The number of likely N-dealkylation sites (tertiary alicyclic amines) is 1. The van der Waals surface area contributed by atoms with E-state index in [0.29, 0.717) is 23.4 Å². The quantitative estimate of drug-likeness (QED) is 0.897. The first-order chi connectivity index (χ1) is 10.9. The molecule has 1 saturated heterocycles. The topological polar surface area (TPSA) is 52.6 Å². The normalized spacial score (nSPS) is 26.5. The van der Waals surface area contributed by atoms with Gasteiger partial charge in [0.15, 0.2) is 0 Å². The maximum atomic E-state index is 12.3. The molecule has 2 aliphatic heterocycles. The summed E-state index contributed by atoms with van der Waals surface area (Å²) in [5.74, 6) is 0.713. The van der Waals surface area contributed by atoms with Gasteiger partial charge in [-0.1, -0.05) is 13.8 Å². The molecule has 0 bridgehead atoms. The van der Waals surface area contributed by atoms with Crippen molar-refractivity contribution < 1.29 is 8.42 Å². The van der Waals surface area contributed by atoms with Gasteiger partial charge in [-0.25, -0.2) is 8.42 Å². The van der Waals surface area contributed by atoms with E-state index in [1.807, 2.05) is 5.38 Å². The molecule has 1 N–H and O–H groups in total. The summed E-state index contributed by atoms with van der Waals surface area (Å²) in [6.45, 7) is 8.50. The second-order valence-corrected chi connectivity index (χ2v) is 10.1. The molecule has 23 heavy (non-hydrogen) atoms. The fraction of sp³-hybridized carbons (Fsp3) is 0.750. The van der Waals surface area contributed by atoms with Crippen LogP contribution in [0.4, 0.5) is 0 Å². The summed E-state index contributed by atoms with van der Waals surface area (Å²) in [7, 11) is -1.60. The zero-order valence-corrected chi connectivity index (χ0v) is 15.8. The summed E-state index contributed by atoms with van der Waals surface area (Å²) < 4.78 is 26.2. The lowest BCUT2D eigenvalue weighted by Gasteiger charge is -2.37. The maximum Gasteiger partial charge on any atom is 0.244 e. The Morgan fingerprint density at radius 3 is 2.70 bits per heavy atom. The van der Waals surface area contributed by atoms with E-state index in [4.69, 9.17) is 0 Å². The molecule has 1 aromatic heterocycles. The van der Waals surface area contributed by atoms with Crippen LogP contribution in [0.3, 0.4) is 0 Å². The molecule has 1 aromatic rings. The number of nitrogens with one attached hydrogen (secondary N) is 1. The van der Waals surface area contributed by atoms with E-state index >= 15 is 0 Å². The van der Waals surface area contributed by atoms with E-state index in [9.17, 15) is 8.42 Å². The molecule has 0 radical (unpaired) electrons. The van der Waals surface area contributed by atoms with Gasteiger partial charge in [0, 0.05) is 31.1 Å². The first kappa shape index (κ1) is 17.4. The molecule has 3 heterocycles. The number of piperidine rings is 1. The average molecular weight is 358 g/mol. The minimum atomic E-state index is -3.28. The van der Waals surface area contributed by atoms with E-state index in [1.54, 1.807) is 24.5 Å². The number of likely N-dealkylation sites (N-methyl/N-ethyl adjacent to an activating group) is 1. The highest BCUT2D eigenvalue weighted by Gasteiger charge is 2.36. The third-order valence-electron chi connectivity index (χ3n) is 4.75. The van der Waals surface area contributed by atoms with Gasteiger partial charge in [0.25, 0.3) is 0 Å². The van der Waals surface area contributed by atoms with Crippen LogP contribution < -0.4 is 5.32 Å². The van der Waals surface area contributed by atoms with Crippen molar-refractivity contribution in [3.05, 3.63) is 16.3 Å². The van der Waals surface area contributed by atoms with Crippen LogP contribution in [0.15, 0.2) is 16.3 Å². The zero-order chi connectivity index (χ0) is 16.6. The van der Waals surface area contributed by atoms with Crippen molar-refractivity contribution >= 4 is 21.4 Å². The summed E-state index contributed by atoms with van der Waals surface area (Å²) in [6, 6.07) is 2.35. The molecule has 0 amide bonds. The van der Waals surface area contributed by atoms with Crippen LogP contribution in [0.2, 0.25) is 0 Å². The van der Waals surface area contributed by atoms with Gasteiger partial charge < -0.3 is 10.2 Å². The van der Waals surface area contributed by atoms with Crippen molar-refractivity contribution in [3.63, 3.8) is 0 Å². The molecule has 0 saturated carbocycles. The van der Waals surface area contributed by atoms with Crippen molar-refractivity contribution in [2.24, 2.45) is 5.92 Å². The van der Waals surface area contributed by atoms with Crippen molar-refractivity contribution in [3.8, 4) is 0 Å². The third kappa shape index (κ3) is 3.64. The molecule has 130 valence electrons. The van der Waals surface area contributed by atoms with E-state index < -0.39 is 10.0 Å². The fourth-order valence-corrected chi connectivity index (χ4v) is 6.30. The Bertz CT molecular complexity index is 634. The monoisotopic (exact) mass is 357 g/mol. The Hall–Kier alpha value is -0.470. The highest BCUT2D eigenvalue weighted by Crippen LogP contribution is 2.36. The first-order valence-electron chi connectivity index (χ1n) is 8.40. The second-order valence-electron chi connectivity index (χ2n) is 7.12. The summed E-state index contributed by atoms with van der Waals surface area (Å²) in [5.41, 5.74) is 0. The van der Waals surface area contributed by atoms with Crippen LogP contribution in [0.1, 0.15) is 37.6 Å². The SMILES string of the molecule is CC(C)CN1CCC(NC2CN(C)S(=O)(=O)c3ccsc32)CC1. The largest absolute Gasteiger partial charge is 0.305 e. The summed E-state index contributed by atoms with van der Waals surface area (Å²) in [4.78, 5) is 4.01. The molecule has 3 rings (SSSR count). The molecule has 0 aliphatic carbocycles. The van der Waals surface area contributed by atoms with Crippen LogP contribution in [-0.4, -0.2) is 56.9 Å². The molecular formula is C16H27N3O2S2. The van der Waals surface area contributed by atoms with Gasteiger partial charge in [-0.15, -0.1) is 11.3 Å². The third-order valence-corrected chi connectivity index (χ3v) is 7.79. The standard InChI is InChI=1S/C16H27N3O2S2/c1-12(2)10-19-7-4-13(5-8-19)17-14-11-18(3)23(20,21)15-6-9-22-16(14)15/h6,9,12-14,17H,4-5,7-8,10-11H2,1-3H3. The van der Waals surface area contributed by atoms with E-state index in [1.165, 1.54) is 10.8 Å². The van der Waals surface area contributed by atoms with Gasteiger partial charge in [-0.3, -0.25) is 0 Å². The predicted molar refractivity (Wildman–Crippen MR) is 94.3 cm³/mol. The number of hydrogen-bond donors (Lipinski definition) is 1. The van der Waals surface area contributed by atoms with Crippen LogP contribution in [0, 0.1) is 5.92 Å². The number of fused-ring (bicyclic) bond motifs is 1. The summed E-state index contributed by atoms with van der Waals surface area (Å²) >= 11 is 1.56. The summed E-state index contributed by atoms with van der Waals surface area (Å²) in [6.07, 6.45) is 2.28. The number of rotatable bonds is 4. The van der Waals surface area contributed by atoms with Gasteiger partial charge in [0.05, 0.1) is 10.9 Å². The van der Waals surface area contributed by atoms with E-state index in [2.05, 4.69) is 24.1 Å². The lowest BCUT2D eigenvalue weighted by atomic mass is 10.0. The lowest BCUT2D eigenvalue weighted by molar-refractivity contribution is 0.171. The van der Waals surface area contributed by atoms with Gasteiger partial charge in [-0.2, -0.15) is 4.31 Å². The smallest absolute Gasteiger partial charge is 0.244 e. The van der Waals surface area contributed by atoms with Gasteiger partial charge in [-0.05, 0) is 43.3 Å². The van der Waals surface area contributed by atoms with Gasteiger partial charge >= 0.3 is 0 Å². The minimum absolute atomic E-state index is 0.125. The molecule has 2 aliphatic rings. The zero-order valence-electron chi connectivity index (χ0n) is 14.2. The summed E-state index contributed by atoms with van der Waals surface area (Å²) in [5, 5.41) is 5.61. The molecule has 7 heteroatoms. The lowest BCUT2D eigenvalue weighted by Crippen LogP contribution is -2.48. The Morgan fingerprint density at radius 1 is 1.35 bits per heavy atom. The molecule has 5 nitrogen and oxygen atoms in total. The number of thiophene rings is 1.